The molecular formula is C23H37N3O5. The number of aliphatic hydroxyl groups is 1. The summed E-state index contributed by atoms with van der Waals surface area (Å²) in [5.41, 5.74) is 0.909. The van der Waals surface area contributed by atoms with Crippen LogP contribution in [0.25, 0.3) is 0 Å². The van der Waals surface area contributed by atoms with Crippen molar-refractivity contribution in [3.63, 3.8) is 0 Å². The summed E-state index contributed by atoms with van der Waals surface area (Å²) in [6.45, 7) is 10.3. The number of rotatable bonds is 9. The zero-order chi connectivity index (χ0) is 23.8. The van der Waals surface area contributed by atoms with Crippen LogP contribution in [-0.4, -0.2) is 59.3 Å². The summed E-state index contributed by atoms with van der Waals surface area (Å²) in [5, 5.41) is 15.1. The number of nitrogens with zero attached hydrogens (tertiary/aromatic N) is 1. The maximum atomic E-state index is 13.1. The van der Waals surface area contributed by atoms with Gasteiger partial charge in [0.2, 0.25) is 11.8 Å². The molecule has 0 aliphatic rings. The van der Waals surface area contributed by atoms with Gasteiger partial charge in [-0.2, -0.15) is 0 Å². The normalized spacial score (nSPS) is 14.2. The Bertz CT molecular complexity index is 743. The van der Waals surface area contributed by atoms with E-state index in [0.717, 1.165) is 18.4 Å². The molecule has 1 aromatic carbocycles. The molecule has 8 nitrogen and oxygen atoms in total. The van der Waals surface area contributed by atoms with Gasteiger partial charge in [0.05, 0.1) is 6.61 Å². The Morgan fingerprint density at radius 3 is 2.19 bits per heavy atom. The molecule has 3 N–H and O–H groups in total. The van der Waals surface area contributed by atoms with E-state index < -0.39 is 36.3 Å². The Balaban J connectivity index is 3.12. The molecule has 0 aliphatic heterocycles. The van der Waals surface area contributed by atoms with Crippen LogP contribution in [0.5, 0.6) is 0 Å². The molecule has 1 aromatic rings. The monoisotopic (exact) mass is 435 g/mol. The lowest BCUT2D eigenvalue weighted by Crippen LogP contribution is -2.53. The largest absolute Gasteiger partial charge is 0.444 e. The molecule has 174 valence electrons. The third kappa shape index (κ3) is 8.57. The fourth-order valence-corrected chi connectivity index (χ4v) is 3.13. The Morgan fingerprint density at radius 2 is 1.71 bits per heavy atom. The Hall–Kier alpha value is -2.61. The quantitative estimate of drug-likeness (QED) is 0.553. The van der Waals surface area contributed by atoms with Crippen molar-refractivity contribution in [2.24, 2.45) is 0 Å². The molecule has 0 saturated heterocycles. The van der Waals surface area contributed by atoms with E-state index in [1.165, 1.54) is 11.9 Å². The summed E-state index contributed by atoms with van der Waals surface area (Å²) < 4.78 is 5.17. The molecule has 0 aromatic heterocycles. The van der Waals surface area contributed by atoms with Crippen LogP contribution in [0.1, 0.15) is 64.6 Å². The molecule has 0 bridgehead atoms. The highest BCUT2D eigenvalue weighted by molar-refractivity contribution is 5.92. The summed E-state index contributed by atoms with van der Waals surface area (Å²) in [6.07, 6.45) is 0.905. The molecule has 8 heteroatoms. The molecule has 3 atom stereocenters. The minimum absolute atomic E-state index is 0.0533. The van der Waals surface area contributed by atoms with Gasteiger partial charge >= 0.3 is 6.09 Å². The minimum atomic E-state index is -1.24. The van der Waals surface area contributed by atoms with E-state index in [9.17, 15) is 19.5 Å². The zero-order valence-corrected chi connectivity index (χ0v) is 19.7. The molecule has 0 aliphatic carbocycles. The van der Waals surface area contributed by atoms with Gasteiger partial charge in [0.15, 0.2) is 0 Å². The first-order valence-corrected chi connectivity index (χ1v) is 10.6. The number of alkyl carbamates (subject to hydrolysis) is 1. The molecule has 3 amide bonds. The maximum absolute atomic E-state index is 13.1. The molecule has 0 spiro atoms. The number of amides is 3. The number of ether oxygens (including phenoxy) is 1. The van der Waals surface area contributed by atoms with Crippen molar-refractivity contribution >= 4 is 17.9 Å². The summed E-state index contributed by atoms with van der Waals surface area (Å²) in [4.78, 5) is 39.5. The fourth-order valence-electron chi connectivity index (χ4n) is 3.13. The summed E-state index contributed by atoms with van der Waals surface area (Å²) >= 11 is 0. The average Bonchev–Trinajstić information content (AvgIpc) is 2.65. The Labute approximate surface area is 185 Å². The lowest BCUT2D eigenvalue weighted by Gasteiger charge is -2.32. The van der Waals surface area contributed by atoms with Crippen LogP contribution in [-0.2, 0) is 14.3 Å². The summed E-state index contributed by atoms with van der Waals surface area (Å²) in [5.74, 6) is -0.924. The second-order valence-corrected chi connectivity index (χ2v) is 8.84. The number of nitrogens with one attached hydrogen (secondary N) is 2. The lowest BCUT2D eigenvalue weighted by atomic mass is 10.0. The van der Waals surface area contributed by atoms with Gasteiger partial charge in [-0.25, -0.2) is 4.79 Å². The van der Waals surface area contributed by atoms with Crippen LogP contribution < -0.4 is 10.6 Å². The van der Waals surface area contributed by atoms with E-state index in [0.29, 0.717) is 5.56 Å². The molecule has 0 heterocycles. The zero-order valence-electron chi connectivity index (χ0n) is 19.7. The number of hydrogen-bond acceptors (Lipinski definition) is 5. The Morgan fingerprint density at radius 1 is 1.13 bits per heavy atom. The first kappa shape index (κ1) is 26.4. The van der Waals surface area contributed by atoms with Crippen molar-refractivity contribution in [1.82, 2.24) is 15.5 Å². The van der Waals surface area contributed by atoms with Crippen LogP contribution in [0.15, 0.2) is 24.3 Å². The number of aryl methyl sites for hydroxylation is 1. The number of aliphatic hydroxyl groups excluding tert-OH is 1. The van der Waals surface area contributed by atoms with Crippen LogP contribution in [0.4, 0.5) is 4.79 Å². The summed E-state index contributed by atoms with van der Waals surface area (Å²) in [6, 6.07) is 5.11. The number of likely N-dealkylation sites (N-methyl/N-ethyl adjacent to an activating group) is 1. The van der Waals surface area contributed by atoms with Crippen molar-refractivity contribution in [1.29, 1.82) is 0 Å². The maximum Gasteiger partial charge on any atom is 0.408 e. The van der Waals surface area contributed by atoms with Crippen LogP contribution >= 0.6 is 0 Å². The molecule has 3 unspecified atom stereocenters. The van der Waals surface area contributed by atoms with Gasteiger partial charge in [0, 0.05) is 13.1 Å². The van der Waals surface area contributed by atoms with Crippen LogP contribution in [0.3, 0.4) is 0 Å². The molecule has 0 fully saturated rings. The molecule has 1 rings (SSSR count). The highest BCUT2D eigenvalue weighted by Crippen LogP contribution is 2.22. The van der Waals surface area contributed by atoms with Crippen molar-refractivity contribution in [2.45, 2.75) is 78.1 Å². The van der Waals surface area contributed by atoms with Crippen LogP contribution in [0, 0.1) is 6.92 Å². The van der Waals surface area contributed by atoms with E-state index in [1.54, 1.807) is 32.9 Å². The van der Waals surface area contributed by atoms with Gasteiger partial charge in [-0.3, -0.25) is 9.59 Å². The lowest BCUT2D eigenvalue weighted by molar-refractivity contribution is -0.141. The average molecular weight is 436 g/mol. The van der Waals surface area contributed by atoms with E-state index in [1.807, 2.05) is 32.9 Å². The van der Waals surface area contributed by atoms with Gasteiger partial charge in [-0.1, -0.05) is 43.2 Å². The van der Waals surface area contributed by atoms with Gasteiger partial charge in [0.25, 0.3) is 0 Å². The third-order valence-electron chi connectivity index (χ3n) is 4.66. The third-order valence-corrected chi connectivity index (χ3v) is 4.66. The highest BCUT2D eigenvalue weighted by atomic mass is 16.6. The first-order valence-electron chi connectivity index (χ1n) is 10.6. The van der Waals surface area contributed by atoms with Crippen molar-refractivity contribution < 1.29 is 24.2 Å². The second kappa shape index (κ2) is 11.7. The predicted octanol–water partition coefficient (Wildman–Crippen LogP) is 2.68. The summed E-state index contributed by atoms with van der Waals surface area (Å²) in [7, 11) is 1.48. The van der Waals surface area contributed by atoms with E-state index >= 15 is 0 Å². The van der Waals surface area contributed by atoms with Crippen LogP contribution in [0.2, 0.25) is 0 Å². The number of carbonyl (C=O) groups excluding carboxylic acids is 3. The first-order chi connectivity index (χ1) is 14.4. The molecule has 0 radical (unpaired) electrons. The topological polar surface area (TPSA) is 108 Å². The van der Waals surface area contributed by atoms with Crippen molar-refractivity contribution in [2.75, 3.05) is 13.7 Å². The van der Waals surface area contributed by atoms with Gasteiger partial charge in [-0.05, 0) is 46.6 Å². The molecule has 31 heavy (non-hydrogen) atoms. The van der Waals surface area contributed by atoms with Gasteiger partial charge in [-0.15, -0.1) is 0 Å². The van der Waals surface area contributed by atoms with Gasteiger partial charge in [0.1, 0.15) is 17.7 Å². The predicted molar refractivity (Wildman–Crippen MR) is 119 cm³/mol. The highest BCUT2D eigenvalue weighted by Gasteiger charge is 2.34. The number of carbonyl (C=O) groups is 3. The SMILES string of the molecule is CCCC(C)NC(=O)C(c1ccc(C)cc1)N(C)C(=O)C(CO)NC(=O)OC(C)(C)C. The Kier molecular flexibility index (Phi) is 9.97. The van der Waals surface area contributed by atoms with E-state index in [2.05, 4.69) is 10.6 Å². The van der Waals surface area contributed by atoms with E-state index in [4.69, 9.17) is 4.74 Å². The number of hydrogen-bond donors (Lipinski definition) is 3. The van der Waals surface area contributed by atoms with E-state index in [-0.39, 0.29) is 11.9 Å². The minimum Gasteiger partial charge on any atom is -0.444 e. The number of benzene rings is 1. The fraction of sp³-hybridized carbons (Fsp3) is 0.609. The van der Waals surface area contributed by atoms with Crippen molar-refractivity contribution in [3.05, 3.63) is 35.4 Å². The van der Waals surface area contributed by atoms with Gasteiger partial charge < -0.3 is 25.4 Å². The molecular weight excluding hydrogens is 398 g/mol. The smallest absolute Gasteiger partial charge is 0.408 e. The standard InChI is InChI=1S/C23H37N3O5/c1-8-9-16(3)24-20(28)19(17-12-10-15(2)11-13-17)26(7)21(29)18(14-27)25-22(30)31-23(4,5)6/h10-13,16,18-19,27H,8-9,14H2,1-7H3,(H,24,28)(H,25,30). The van der Waals surface area contributed by atoms with Crippen molar-refractivity contribution in [3.8, 4) is 0 Å². The second-order valence-electron chi connectivity index (χ2n) is 8.84. The molecule has 0 saturated carbocycles.